The summed E-state index contributed by atoms with van der Waals surface area (Å²) in [7, 11) is 0. The number of ketones is 2. The van der Waals surface area contributed by atoms with Gasteiger partial charge >= 0.3 is 0 Å². The number of quaternary nitrogens is 1. The second-order valence-corrected chi connectivity index (χ2v) is 8.87. The first-order valence-electron chi connectivity index (χ1n) is 10.8. The smallest absolute Gasteiger partial charge is 0.282 e. The predicted octanol–water partition coefficient (Wildman–Crippen LogP) is 3.18. The Balaban J connectivity index is 1.49. The van der Waals surface area contributed by atoms with Crippen LogP contribution in [0.25, 0.3) is 0 Å². The SMILES string of the molecule is C[C@@H]1[C@H](C)CCC[C@@H]1[NH2+][C@@H](C)C(=O)Nc1ccc2c(c1)C(=O)c1ccccc1C2=O. The van der Waals surface area contributed by atoms with Gasteiger partial charge in [-0.1, -0.05) is 38.1 Å². The van der Waals surface area contributed by atoms with Gasteiger partial charge in [-0.2, -0.15) is 0 Å². The van der Waals surface area contributed by atoms with Crippen LogP contribution in [0.15, 0.2) is 42.5 Å². The van der Waals surface area contributed by atoms with E-state index < -0.39 is 0 Å². The number of rotatable bonds is 4. The van der Waals surface area contributed by atoms with E-state index in [2.05, 4.69) is 24.5 Å². The highest BCUT2D eigenvalue weighted by molar-refractivity contribution is 6.28. The Morgan fingerprint density at radius 1 is 0.967 bits per heavy atom. The highest BCUT2D eigenvalue weighted by atomic mass is 16.2. The first-order valence-corrected chi connectivity index (χ1v) is 10.8. The number of hydrogen-bond donors (Lipinski definition) is 2. The van der Waals surface area contributed by atoms with Crippen molar-refractivity contribution in [3.8, 4) is 0 Å². The van der Waals surface area contributed by atoms with Crippen molar-refractivity contribution in [2.24, 2.45) is 11.8 Å². The molecule has 156 valence electrons. The molecular weight excluding hydrogens is 376 g/mol. The number of carbonyl (C=O) groups is 3. The lowest BCUT2D eigenvalue weighted by Gasteiger charge is -2.33. The van der Waals surface area contributed by atoms with Crippen LogP contribution in [0.1, 0.15) is 71.9 Å². The van der Waals surface area contributed by atoms with Crippen molar-refractivity contribution in [1.29, 1.82) is 0 Å². The number of nitrogens with one attached hydrogen (secondary N) is 1. The van der Waals surface area contributed by atoms with Gasteiger partial charge in [-0.3, -0.25) is 14.4 Å². The summed E-state index contributed by atoms with van der Waals surface area (Å²) in [5.74, 6) is 0.847. The standard InChI is InChI=1S/C25H28N2O3/c1-14-7-6-10-22(15(14)2)26-16(3)25(30)27-17-11-12-20-21(13-17)24(29)19-9-5-4-8-18(19)23(20)28/h4-5,8-9,11-16,22,26H,6-7,10H2,1-3H3,(H,27,30)/p+1/t14-,15-,16+,22+/m1/s1. The molecule has 0 bridgehead atoms. The molecule has 4 rings (SSSR count). The van der Waals surface area contributed by atoms with Crippen molar-refractivity contribution in [2.75, 3.05) is 5.32 Å². The van der Waals surface area contributed by atoms with Crippen LogP contribution >= 0.6 is 0 Å². The largest absolute Gasteiger partial charge is 0.334 e. The lowest BCUT2D eigenvalue weighted by Crippen LogP contribution is -2.97. The van der Waals surface area contributed by atoms with Crippen molar-refractivity contribution in [2.45, 2.75) is 52.1 Å². The van der Waals surface area contributed by atoms with Crippen molar-refractivity contribution in [3.63, 3.8) is 0 Å². The molecule has 0 radical (unpaired) electrons. The van der Waals surface area contributed by atoms with E-state index in [0.29, 0.717) is 45.8 Å². The van der Waals surface area contributed by atoms with Crippen LogP contribution in [0.5, 0.6) is 0 Å². The molecular formula is C25H29N2O3+. The molecule has 1 amide bonds. The summed E-state index contributed by atoms with van der Waals surface area (Å²) < 4.78 is 0. The molecule has 3 N–H and O–H groups in total. The third-order valence-electron chi connectivity index (χ3n) is 6.91. The van der Waals surface area contributed by atoms with E-state index in [9.17, 15) is 14.4 Å². The molecule has 2 aliphatic rings. The minimum absolute atomic E-state index is 0.0876. The molecule has 0 aliphatic heterocycles. The summed E-state index contributed by atoms with van der Waals surface area (Å²) in [6.45, 7) is 6.49. The molecule has 0 spiro atoms. The molecule has 2 aliphatic carbocycles. The topological polar surface area (TPSA) is 79.8 Å². The summed E-state index contributed by atoms with van der Waals surface area (Å²) >= 11 is 0. The monoisotopic (exact) mass is 405 g/mol. The summed E-state index contributed by atoms with van der Waals surface area (Å²) in [5.41, 5.74) is 2.14. The number of anilines is 1. The quantitative estimate of drug-likeness (QED) is 0.700. The van der Waals surface area contributed by atoms with Crippen molar-refractivity contribution in [3.05, 3.63) is 64.7 Å². The van der Waals surface area contributed by atoms with Gasteiger partial charge in [0.2, 0.25) is 0 Å². The summed E-state index contributed by atoms with van der Waals surface area (Å²) in [5, 5.41) is 5.11. The van der Waals surface area contributed by atoms with Gasteiger partial charge < -0.3 is 10.6 Å². The van der Waals surface area contributed by atoms with Crippen molar-refractivity contribution >= 4 is 23.2 Å². The number of nitrogens with two attached hydrogens (primary N) is 1. The molecule has 2 aromatic rings. The second-order valence-electron chi connectivity index (χ2n) is 8.87. The fraction of sp³-hybridized carbons (Fsp3) is 0.400. The zero-order valence-corrected chi connectivity index (χ0v) is 17.8. The van der Waals surface area contributed by atoms with Gasteiger partial charge in [0.05, 0.1) is 6.04 Å². The average Bonchev–Trinajstić information content (AvgIpc) is 2.75. The first kappa shape index (κ1) is 20.5. The predicted molar refractivity (Wildman–Crippen MR) is 116 cm³/mol. The van der Waals surface area contributed by atoms with Crippen LogP contribution in [0.4, 0.5) is 5.69 Å². The minimum Gasteiger partial charge on any atom is -0.334 e. The van der Waals surface area contributed by atoms with Crippen LogP contribution in [0.2, 0.25) is 0 Å². The summed E-state index contributed by atoms with van der Waals surface area (Å²) in [6.07, 6.45) is 3.61. The Morgan fingerprint density at radius 3 is 2.30 bits per heavy atom. The fourth-order valence-electron chi connectivity index (χ4n) is 4.79. The van der Waals surface area contributed by atoms with Crippen molar-refractivity contribution < 1.29 is 19.7 Å². The highest BCUT2D eigenvalue weighted by Gasteiger charge is 2.33. The second kappa shape index (κ2) is 8.15. The average molecular weight is 406 g/mol. The van der Waals surface area contributed by atoms with E-state index in [1.54, 1.807) is 42.5 Å². The van der Waals surface area contributed by atoms with Gasteiger partial charge in [0.1, 0.15) is 0 Å². The Labute approximate surface area is 177 Å². The van der Waals surface area contributed by atoms with Crippen LogP contribution in [-0.4, -0.2) is 29.6 Å². The van der Waals surface area contributed by atoms with Gasteiger partial charge in [0.25, 0.3) is 5.91 Å². The molecule has 4 atom stereocenters. The molecule has 30 heavy (non-hydrogen) atoms. The molecule has 1 fully saturated rings. The van der Waals surface area contributed by atoms with Gasteiger partial charge in [0, 0.05) is 33.9 Å². The Morgan fingerprint density at radius 2 is 1.60 bits per heavy atom. The Bertz CT molecular complexity index is 1010. The highest BCUT2D eigenvalue weighted by Crippen LogP contribution is 2.29. The number of carbonyl (C=O) groups excluding carboxylic acids is 3. The van der Waals surface area contributed by atoms with E-state index >= 15 is 0 Å². The van der Waals surface area contributed by atoms with Crippen LogP contribution in [0, 0.1) is 11.8 Å². The zero-order chi connectivity index (χ0) is 21.4. The molecule has 0 saturated heterocycles. The van der Waals surface area contributed by atoms with Crippen LogP contribution in [0.3, 0.4) is 0 Å². The zero-order valence-electron chi connectivity index (χ0n) is 17.8. The molecule has 0 heterocycles. The van der Waals surface area contributed by atoms with Crippen LogP contribution < -0.4 is 10.6 Å². The van der Waals surface area contributed by atoms with Gasteiger partial charge in [-0.15, -0.1) is 0 Å². The molecule has 5 nitrogen and oxygen atoms in total. The van der Waals surface area contributed by atoms with Gasteiger partial charge in [-0.25, -0.2) is 0 Å². The number of hydrogen-bond acceptors (Lipinski definition) is 3. The van der Waals surface area contributed by atoms with Crippen molar-refractivity contribution in [1.82, 2.24) is 0 Å². The summed E-state index contributed by atoms with van der Waals surface area (Å²) in [6, 6.07) is 12.1. The molecule has 1 saturated carbocycles. The molecule has 2 aromatic carbocycles. The molecule has 5 heteroatoms. The van der Waals surface area contributed by atoms with E-state index in [0.717, 1.165) is 6.42 Å². The maximum atomic E-state index is 12.9. The van der Waals surface area contributed by atoms with E-state index in [1.165, 1.54) is 12.8 Å². The van der Waals surface area contributed by atoms with E-state index in [4.69, 9.17) is 0 Å². The normalized spacial score (nSPS) is 24.0. The number of fused-ring (bicyclic) bond motifs is 2. The number of benzene rings is 2. The van der Waals surface area contributed by atoms with Gasteiger partial charge in [0.15, 0.2) is 17.6 Å². The minimum atomic E-state index is -0.225. The molecule has 0 aromatic heterocycles. The van der Waals surface area contributed by atoms with Gasteiger partial charge in [-0.05, 0) is 50.3 Å². The van der Waals surface area contributed by atoms with E-state index in [1.807, 2.05) is 6.92 Å². The lowest BCUT2D eigenvalue weighted by atomic mass is 9.78. The summed E-state index contributed by atoms with van der Waals surface area (Å²) in [4.78, 5) is 38.4. The van der Waals surface area contributed by atoms with E-state index in [-0.39, 0.29) is 23.5 Å². The maximum Gasteiger partial charge on any atom is 0.282 e. The first-order chi connectivity index (χ1) is 14.4. The number of amides is 1. The fourth-order valence-corrected chi connectivity index (χ4v) is 4.79. The third kappa shape index (κ3) is 3.70. The van der Waals surface area contributed by atoms with Crippen LogP contribution in [-0.2, 0) is 4.79 Å². The lowest BCUT2D eigenvalue weighted by molar-refractivity contribution is -0.715. The Hall–Kier alpha value is -2.79. The maximum absolute atomic E-state index is 12.9. The Kier molecular flexibility index (Phi) is 5.56. The third-order valence-corrected chi connectivity index (χ3v) is 6.91. The molecule has 0 unspecified atom stereocenters.